The third kappa shape index (κ3) is 5.21. The molecule has 31 heavy (non-hydrogen) atoms. The van der Waals surface area contributed by atoms with Crippen molar-refractivity contribution in [2.75, 3.05) is 32.1 Å². The van der Waals surface area contributed by atoms with Crippen molar-refractivity contribution in [2.24, 2.45) is 0 Å². The quantitative estimate of drug-likeness (QED) is 0.639. The van der Waals surface area contributed by atoms with Gasteiger partial charge >= 0.3 is 6.03 Å². The van der Waals surface area contributed by atoms with E-state index in [2.05, 4.69) is 20.5 Å². The predicted molar refractivity (Wildman–Crippen MR) is 121 cm³/mol. The number of benzene rings is 1. The Hall–Kier alpha value is -3.39. The molecule has 2 amide bonds. The van der Waals surface area contributed by atoms with E-state index in [9.17, 15) is 9.59 Å². The summed E-state index contributed by atoms with van der Waals surface area (Å²) >= 11 is 0. The Morgan fingerprint density at radius 3 is 2.65 bits per heavy atom. The molecular formula is C23H27N5O3. The van der Waals surface area contributed by atoms with Crippen LogP contribution in [0.15, 0.2) is 59.5 Å². The number of amides is 2. The van der Waals surface area contributed by atoms with Crippen LogP contribution < -0.4 is 20.9 Å². The van der Waals surface area contributed by atoms with Gasteiger partial charge in [0.15, 0.2) is 0 Å². The molecule has 0 bridgehead atoms. The maximum atomic E-state index is 12.5. The number of pyridine rings is 2. The maximum absolute atomic E-state index is 12.5. The van der Waals surface area contributed by atoms with Gasteiger partial charge in [0.1, 0.15) is 5.75 Å². The highest BCUT2D eigenvalue weighted by molar-refractivity contribution is 5.89. The highest BCUT2D eigenvalue weighted by Gasteiger charge is 2.21. The smallest absolute Gasteiger partial charge is 0.319 e. The molecule has 4 rings (SSSR count). The number of methoxy groups -OCH3 is 1. The van der Waals surface area contributed by atoms with Crippen LogP contribution in [0, 0.1) is 0 Å². The number of fused-ring (bicyclic) bond motifs is 1. The Morgan fingerprint density at radius 1 is 1.13 bits per heavy atom. The molecule has 0 saturated carbocycles. The first-order valence-corrected chi connectivity index (χ1v) is 10.5. The molecule has 2 aromatic heterocycles. The lowest BCUT2D eigenvalue weighted by atomic mass is 10.1. The number of para-hydroxylation sites is 1. The first-order valence-electron chi connectivity index (χ1n) is 10.5. The van der Waals surface area contributed by atoms with Crippen LogP contribution in [0.3, 0.4) is 0 Å². The number of nitrogens with zero attached hydrogens (tertiary/aromatic N) is 3. The number of aromatic nitrogens is 2. The van der Waals surface area contributed by atoms with Crippen molar-refractivity contribution in [3.8, 4) is 5.75 Å². The summed E-state index contributed by atoms with van der Waals surface area (Å²) in [5.41, 5.74) is 2.29. The summed E-state index contributed by atoms with van der Waals surface area (Å²) in [6.07, 6.45) is 3.41. The normalized spacial score (nSPS) is 15.0. The maximum Gasteiger partial charge on any atom is 0.319 e. The average Bonchev–Trinajstić information content (AvgIpc) is 2.79. The molecule has 8 heteroatoms. The van der Waals surface area contributed by atoms with Crippen molar-refractivity contribution < 1.29 is 9.53 Å². The van der Waals surface area contributed by atoms with Crippen molar-refractivity contribution >= 4 is 22.8 Å². The van der Waals surface area contributed by atoms with Crippen LogP contribution in [-0.2, 0) is 6.54 Å². The Morgan fingerprint density at radius 2 is 1.90 bits per heavy atom. The van der Waals surface area contributed by atoms with E-state index in [1.54, 1.807) is 30.0 Å². The number of anilines is 1. The van der Waals surface area contributed by atoms with Gasteiger partial charge in [-0.05, 0) is 31.0 Å². The van der Waals surface area contributed by atoms with Gasteiger partial charge in [0.25, 0.3) is 5.56 Å². The Kier molecular flexibility index (Phi) is 6.47. The zero-order valence-corrected chi connectivity index (χ0v) is 17.6. The highest BCUT2D eigenvalue weighted by Crippen LogP contribution is 2.17. The highest BCUT2D eigenvalue weighted by atomic mass is 16.5. The molecule has 0 atom stereocenters. The van der Waals surface area contributed by atoms with Gasteiger partial charge in [0, 0.05) is 50.0 Å². The molecule has 1 saturated heterocycles. The molecular weight excluding hydrogens is 394 g/mol. The largest absolute Gasteiger partial charge is 0.495 e. The molecule has 8 nitrogen and oxygen atoms in total. The summed E-state index contributed by atoms with van der Waals surface area (Å²) in [4.78, 5) is 31.3. The fraction of sp³-hybridized carbons (Fsp3) is 0.348. The van der Waals surface area contributed by atoms with Gasteiger partial charge in [0.05, 0.1) is 24.3 Å². The predicted octanol–water partition coefficient (Wildman–Crippen LogP) is 2.69. The molecule has 3 aromatic rings. The number of piperidine rings is 1. The van der Waals surface area contributed by atoms with Gasteiger partial charge in [-0.3, -0.25) is 9.78 Å². The van der Waals surface area contributed by atoms with Crippen molar-refractivity contribution in [2.45, 2.75) is 25.4 Å². The van der Waals surface area contributed by atoms with E-state index in [4.69, 9.17) is 4.74 Å². The number of rotatable bonds is 6. The third-order valence-corrected chi connectivity index (χ3v) is 5.64. The monoisotopic (exact) mass is 421 g/mol. The van der Waals surface area contributed by atoms with Gasteiger partial charge in [-0.2, -0.15) is 0 Å². The van der Waals surface area contributed by atoms with Crippen LogP contribution in [0.1, 0.15) is 12.8 Å². The minimum absolute atomic E-state index is 0.0447. The number of nitrogens with one attached hydrogen (secondary N) is 2. The van der Waals surface area contributed by atoms with E-state index in [0.717, 1.165) is 49.2 Å². The molecule has 0 aliphatic carbocycles. The number of hydrogen-bond acceptors (Lipinski definition) is 5. The second-order valence-corrected chi connectivity index (χ2v) is 7.68. The van der Waals surface area contributed by atoms with E-state index < -0.39 is 0 Å². The lowest BCUT2D eigenvalue weighted by Crippen LogP contribution is -2.46. The number of ether oxygens (including phenoxy) is 1. The van der Waals surface area contributed by atoms with E-state index in [-0.39, 0.29) is 17.6 Å². The van der Waals surface area contributed by atoms with Gasteiger partial charge < -0.3 is 24.8 Å². The van der Waals surface area contributed by atoms with E-state index in [1.165, 1.54) is 0 Å². The van der Waals surface area contributed by atoms with Crippen molar-refractivity contribution in [1.82, 2.24) is 19.8 Å². The standard InChI is InChI=1S/C23H27N5O3/c1-31-19-15-21-20(24-16-19)7-8-22(29)28(21)14-13-27-11-9-18(10-12-27)26-23(30)25-17-5-3-2-4-6-17/h2-8,15-16,18H,9-14H2,1H3,(H2,25,26,30). The van der Waals surface area contributed by atoms with Crippen molar-refractivity contribution in [1.29, 1.82) is 0 Å². The summed E-state index contributed by atoms with van der Waals surface area (Å²) in [6.45, 7) is 3.09. The SMILES string of the molecule is COc1cnc2ccc(=O)n(CCN3CCC(NC(=O)Nc4ccccc4)CC3)c2c1. The summed E-state index contributed by atoms with van der Waals surface area (Å²) in [6, 6.07) is 14.5. The molecule has 0 radical (unpaired) electrons. The van der Waals surface area contributed by atoms with Crippen molar-refractivity contribution in [3.05, 3.63) is 65.1 Å². The number of carbonyl (C=O) groups excluding carboxylic acids is 1. The Bertz CT molecular complexity index is 1090. The van der Waals surface area contributed by atoms with Gasteiger partial charge in [-0.1, -0.05) is 18.2 Å². The first-order chi connectivity index (χ1) is 15.1. The average molecular weight is 422 g/mol. The molecule has 1 aromatic carbocycles. The summed E-state index contributed by atoms with van der Waals surface area (Å²) in [5.74, 6) is 0.632. The number of hydrogen-bond donors (Lipinski definition) is 2. The topological polar surface area (TPSA) is 88.5 Å². The lowest BCUT2D eigenvalue weighted by molar-refractivity contribution is 0.191. The second kappa shape index (κ2) is 9.61. The zero-order chi connectivity index (χ0) is 21.6. The van der Waals surface area contributed by atoms with Crippen LogP contribution in [0.25, 0.3) is 11.0 Å². The minimum Gasteiger partial charge on any atom is -0.495 e. The molecule has 3 heterocycles. The Balaban J connectivity index is 1.30. The number of urea groups is 1. The lowest BCUT2D eigenvalue weighted by Gasteiger charge is -2.32. The zero-order valence-electron chi connectivity index (χ0n) is 17.6. The van der Waals surface area contributed by atoms with E-state index in [1.807, 2.05) is 36.4 Å². The molecule has 2 N–H and O–H groups in total. The molecule has 1 aliphatic rings. The van der Waals surface area contributed by atoms with Crippen LogP contribution in [0.2, 0.25) is 0 Å². The Labute approximate surface area is 180 Å². The second-order valence-electron chi connectivity index (χ2n) is 7.68. The number of carbonyl (C=O) groups is 1. The van der Waals surface area contributed by atoms with Gasteiger partial charge in [0.2, 0.25) is 0 Å². The number of likely N-dealkylation sites (tertiary alicyclic amines) is 1. The first kappa shape index (κ1) is 20.9. The van der Waals surface area contributed by atoms with Crippen LogP contribution in [0.4, 0.5) is 10.5 Å². The van der Waals surface area contributed by atoms with Gasteiger partial charge in [-0.25, -0.2) is 4.79 Å². The van der Waals surface area contributed by atoms with Crippen LogP contribution in [0.5, 0.6) is 5.75 Å². The van der Waals surface area contributed by atoms with Gasteiger partial charge in [-0.15, -0.1) is 0 Å². The fourth-order valence-electron chi connectivity index (χ4n) is 3.91. The summed E-state index contributed by atoms with van der Waals surface area (Å²) < 4.78 is 7.02. The summed E-state index contributed by atoms with van der Waals surface area (Å²) in [5, 5.41) is 5.92. The minimum atomic E-state index is -0.173. The molecule has 1 aliphatic heterocycles. The molecule has 0 spiro atoms. The fourth-order valence-corrected chi connectivity index (χ4v) is 3.91. The molecule has 162 valence electrons. The summed E-state index contributed by atoms with van der Waals surface area (Å²) in [7, 11) is 1.59. The van der Waals surface area contributed by atoms with E-state index in [0.29, 0.717) is 12.3 Å². The molecule has 0 unspecified atom stereocenters. The van der Waals surface area contributed by atoms with Crippen LogP contribution in [-0.4, -0.2) is 53.3 Å². The third-order valence-electron chi connectivity index (χ3n) is 5.64. The molecule has 1 fully saturated rings. The van der Waals surface area contributed by atoms with Crippen molar-refractivity contribution in [3.63, 3.8) is 0 Å². The van der Waals surface area contributed by atoms with Crippen LogP contribution >= 0.6 is 0 Å². The van der Waals surface area contributed by atoms with E-state index >= 15 is 0 Å².